The maximum Gasteiger partial charge on any atom is 0.224 e. The molecule has 23 heavy (non-hydrogen) atoms. The maximum atomic E-state index is 12.0. The quantitative estimate of drug-likeness (QED) is 0.677. The Balaban J connectivity index is 1.71. The minimum atomic E-state index is 0.0463. The van der Waals surface area contributed by atoms with Crippen molar-refractivity contribution in [2.75, 3.05) is 11.9 Å². The van der Waals surface area contributed by atoms with Gasteiger partial charge in [-0.2, -0.15) is 0 Å². The first-order valence-corrected chi connectivity index (χ1v) is 8.86. The van der Waals surface area contributed by atoms with E-state index in [0.29, 0.717) is 12.8 Å². The van der Waals surface area contributed by atoms with Crippen molar-refractivity contribution in [1.82, 2.24) is 5.32 Å². The van der Waals surface area contributed by atoms with Gasteiger partial charge in [-0.1, -0.05) is 50.8 Å². The molecule has 0 aliphatic carbocycles. The Labute approximate surface area is 139 Å². The van der Waals surface area contributed by atoms with Crippen LogP contribution in [0.15, 0.2) is 24.3 Å². The summed E-state index contributed by atoms with van der Waals surface area (Å²) < 4.78 is 0. The first-order chi connectivity index (χ1) is 11.2. The SMILES string of the molecule is CCCCCCCNC(=O)CC[C@@H]1CC(=O)Nc2ccccc21. The normalized spacial score (nSPS) is 16.6. The Bertz CT molecular complexity index is 528. The van der Waals surface area contributed by atoms with Crippen molar-refractivity contribution in [3.63, 3.8) is 0 Å². The molecule has 0 fully saturated rings. The van der Waals surface area contributed by atoms with Crippen LogP contribution in [0.1, 0.15) is 69.8 Å². The molecule has 0 unspecified atom stereocenters. The topological polar surface area (TPSA) is 58.2 Å². The fraction of sp³-hybridized carbons (Fsp3) is 0.579. The van der Waals surface area contributed by atoms with Gasteiger partial charge < -0.3 is 10.6 Å². The largest absolute Gasteiger partial charge is 0.356 e. The third-order valence-electron chi connectivity index (χ3n) is 4.43. The van der Waals surface area contributed by atoms with Crippen LogP contribution in [0.5, 0.6) is 0 Å². The standard InChI is InChI=1S/C19H28N2O2/c1-2-3-4-5-8-13-20-18(22)12-11-15-14-19(23)21-17-10-7-6-9-16(15)17/h6-7,9-10,15H,2-5,8,11-14H2,1H3,(H,20,22)(H,21,23)/t15-/m1/s1. The third kappa shape index (κ3) is 5.70. The number of amides is 2. The Kier molecular flexibility index (Phi) is 7.11. The van der Waals surface area contributed by atoms with Gasteiger partial charge in [0.2, 0.25) is 11.8 Å². The monoisotopic (exact) mass is 316 g/mol. The van der Waals surface area contributed by atoms with Crippen LogP contribution >= 0.6 is 0 Å². The molecule has 2 rings (SSSR count). The predicted octanol–water partition coefficient (Wildman–Crippen LogP) is 3.98. The van der Waals surface area contributed by atoms with Crippen molar-refractivity contribution in [3.05, 3.63) is 29.8 Å². The zero-order valence-electron chi connectivity index (χ0n) is 14.1. The third-order valence-corrected chi connectivity index (χ3v) is 4.43. The number of anilines is 1. The fourth-order valence-corrected chi connectivity index (χ4v) is 3.11. The van der Waals surface area contributed by atoms with Crippen LogP contribution in [-0.2, 0) is 9.59 Å². The number of nitrogens with one attached hydrogen (secondary N) is 2. The Morgan fingerprint density at radius 1 is 1.22 bits per heavy atom. The molecule has 1 aromatic rings. The number of carbonyl (C=O) groups excluding carboxylic acids is 2. The molecule has 0 saturated heterocycles. The van der Waals surface area contributed by atoms with Crippen LogP contribution in [0.2, 0.25) is 0 Å². The summed E-state index contributed by atoms with van der Waals surface area (Å²) in [5, 5.41) is 5.89. The van der Waals surface area contributed by atoms with E-state index >= 15 is 0 Å². The lowest BCUT2D eigenvalue weighted by atomic mass is 9.87. The second-order valence-corrected chi connectivity index (χ2v) is 6.34. The van der Waals surface area contributed by atoms with Gasteiger partial charge in [0.05, 0.1) is 0 Å². The van der Waals surface area contributed by atoms with Gasteiger partial charge in [-0.3, -0.25) is 9.59 Å². The summed E-state index contributed by atoms with van der Waals surface area (Å²) in [7, 11) is 0. The van der Waals surface area contributed by atoms with E-state index in [1.165, 1.54) is 25.7 Å². The highest BCUT2D eigenvalue weighted by Crippen LogP contribution is 2.34. The number of hydrogen-bond acceptors (Lipinski definition) is 2. The number of carbonyl (C=O) groups is 2. The van der Waals surface area contributed by atoms with Crippen molar-refractivity contribution in [2.24, 2.45) is 0 Å². The molecule has 0 bridgehead atoms. The summed E-state index contributed by atoms with van der Waals surface area (Å²) in [5.41, 5.74) is 2.05. The zero-order valence-corrected chi connectivity index (χ0v) is 14.1. The summed E-state index contributed by atoms with van der Waals surface area (Å²) in [6.45, 7) is 2.97. The molecule has 126 valence electrons. The second-order valence-electron chi connectivity index (χ2n) is 6.34. The van der Waals surface area contributed by atoms with Gasteiger partial charge in [0, 0.05) is 25.1 Å². The highest BCUT2D eigenvalue weighted by molar-refractivity contribution is 5.94. The van der Waals surface area contributed by atoms with Gasteiger partial charge in [0.25, 0.3) is 0 Å². The number of para-hydroxylation sites is 1. The van der Waals surface area contributed by atoms with Crippen molar-refractivity contribution in [3.8, 4) is 0 Å². The first kappa shape index (κ1) is 17.5. The number of hydrogen-bond donors (Lipinski definition) is 2. The van der Waals surface area contributed by atoms with Crippen LogP contribution in [0, 0.1) is 0 Å². The number of fused-ring (bicyclic) bond motifs is 1. The minimum absolute atomic E-state index is 0.0463. The summed E-state index contributed by atoms with van der Waals surface area (Å²) in [6.07, 6.45) is 7.69. The van der Waals surface area contributed by atoms with Gasteiger partial charge in [0.1, 0.15) is 0 Å². The molecule has 1 heterocycles. The highest BCUT2D eigenvalue weighted by Gasteiger charge is 2.24. The average molecular weight is 316 g/mol. The lowest BCUT2D eigenvalue weighted by Crippen LogP contribution is -2.27. The summed E-state index contributed by atoms with van der Waals surface area (Å²) >= 11 is 0. The van der Waals surface area contributed by atoms with Crippen LogP contribution in [-0.4, -0.2) is 18.4 Å². The van der Waals surface area contributed by atoms with Crippen molar-refractivity contribution in [1.29, 1.82) is 0 Å². The van der Waals surface area contributed by atoms with Crippen LogP contribution < -0.4 is 10.6 Å². The Morgan fingerprint density at radius 2 is 2.00 bits per heavy atom. The molecule has 0 spiro atoms. The van der Waals surface area contributed by atoms with Gasteiger partial charge >= 0.3 is 0 Å². The lowest BCUT2D eigenvalue weighted by Gasteiger charge is -2.25. The van der Waals surface area contributed by atoms with E-state index < -0.39 is 0 Å². The van der Waals surface area contributed by atoms with E-state index in [9.17, 15) is 9.59 Å². The molecule has 0 aromatic heterocycles. The Hall–Kier alpha value is -1.84. The lowest BCUT2D eigenvalue weighted by molar-refractivity contribution is -0.122. The molecule has 1 atom stereocenters. The van der Waals surface area contributed by atoms with Gasteiger partial charge in [-0.05, 0) is 30.4 Å². The number of benzene rings is 1. The van der Waals surface area contributed by atoms with Gasteiger partial charge in [-0.15, -0.1) is 0 Å². The molecule has 4 nitrogen and oxygen atoms in total. The average Bonchev–Trinajstić information content (AvgIpc) is 2.55. The van der Waals surface area contributed by atoms with Crippen molar-refractivity contribution >= 4 is 17.5 Å². The predicted molar refractivity (Wildman–Crippen MR) is 93.4 cm³/mol. The van der Waals surface area contributed by atoms with Crippen LogP contribution in [0.3, 0.4) is 0 Å². The van der Waals surface area contributed by atoms with Crippen LogP contribution in [0.25, 0.3) is 0 Å². The van der Waals surface area contributed by atoms with E-state index in [1.807, 2.05) is 24.3 Å². The molecule has 4 heteroatoms. The molecular weight excluding hydrogens is 288 g/mol. The van der Waals surface area contributed by atoms with E-state index in [0.717, 1.165) is 30.6 Å². The van der Waals surface area contributed by atoms with Crippen LogP contribution in [0.4, 0.5) is 5.69 Å². The molecule has 0 saturated carbocycles. The van der Waals surface area contributed by atoms with Gasteiger partial charge in [-0.25, -0.2) is 0 Å². The molecule has 0 radical (unpaired) electrons. The Morgan fingerprint density at radius 3 is 2.83 bits per heavy atom. The van der Waals surface area contributed by atoms with E-state index in [4.69, 9.17) is 0 Å². The summed E-state index contributed by atoms with van der Waals surface area (Å²) in [5.74, 6) is 0.296. The van der Waals surface area contributed by atoms with Gasteiger partial charge in [0.15, 0.2) is 0 Å². The summed E-state index contributed by atoms with van der Waals surface area (Å²) in [6, 6.07) is 7.88. The first-order valence-electron chi connectivity index (χ1n) is 8.86. The fourth-order valence-electron chi connectivity index (χ4n) is 3.11. The smallest absolute Gasteiger partial charge is 0.224 e. The van der Waals surface area contributed by atoms with Crippen molar-refractivity contribution in [2.45, 2.75) is 64.2 Å². The number of unbranched alkanes of at least 4 members (excludes halogenated alkanes) is 4. The molecule has 2 N–H and O–H groups in total. The zero-order chi connectivity index (χ0) is 16.5. The van der Waals surface area contributed by atoms with E-state index in [2.05, 4.69) is 17.6 Å². The number of rotatable bonds is 9. The molecular formula is C19H28N2O2. The van der Waals surface area contributed by atoms with E-state index in [1.54, 1.807) is 0 Å². The maximum absolute atomic E-state index is 12.0. The molecule has 1 aliphatic rings. The molecule has 2 amide bonds. The minimum Gasteiger partial charge on any atom is -0.356 e. The van der Waals surface area contributed by atoms with Crippen molar-refractivity contribution < 1.29 is 9.59 Å². The molecule has 1 aromatic carbocycles. The molecule has 1 aliphatic heterocycles. The summed E-state index contributed by atoms with van der Waals surface area (Å²) in [4.78, 5) is 23.7. The van der Waals surface area contributed by atoms with E-state index in [-0.39, 0.29) is 17.7 Å². The second kappa shape index (κ2) is 9.33. The highest BCUT2D eigenvalue weighted by atomic mass is 16.2.